The molecule has 1 atom stereocenters. The van der Waals surface area contributed by atoms with Gasteiger partial charge in [0.05, 0.1) is 23.7 Å². The Labute approximate surface area is 222 Å². The number of carbonyl (C=O) groups is 1. The van der Waals surface area contributed by atoms with Crippen LogP contribution in [0.5, 0.6) is 0 Å². The van der Waals surface area contributed by atoms with Crippen LogP contribution in [0.2, 0.25) is 0 Å². The monoisotopic (exact) mass is 548 g/mol. The summed E-state index contributed by atoms with van der Waals surface area (Å²) in [6, 6.07) is 24.2. The lowest BCUT2D eigenvalue weighted by atomic mass is 10.0. The minimum Gasteiger partial charge on any atom is -0.378 e. The van der Waals surface area contributed by atoms with Crippen LogP contribution in [0.4, 0.5) is 0 Å². The molecular formula is C29H33BrN4O2. The number of nitrogens with one attached hydrogen (secondary N) is 1. The third-order valence-corrected chi connectivity index (χ3v) is 7.02. The van der Waals surface area contributed by atoms with Crippen molar-refractivity contribution in [3.05, 3.63) is 101 Å². The first-order chi connectivity index (χ1) is 16.9. The molecule has 0 aliphatic carbocycles. The zero-order valence-electron chi connectivity index (χ0n) is 21.0. The Kier molecular flexibility index (Phi) is 7.81. The SMILES string of the molecule is Br.COC1CN(C(=O)C(Cc2ccc(C)cc2)n2c(=N)n(Cc3ccc(C)cc3)c3ccccc32)C1. The Morgan fingerprint density at radius 1 is 0.917 bits per heavy atom. The third kappa shape index (κ3) is 5.04. The van der Waals surface area contributed by atoms with Crippen LogP contribution >= 0.6 is 17.0 Å². The van der Waals surface area contributed by atoms with Crippen LogP contribution in [0.3, 0.4) is 0 Å². The highest BCUT2D eigenvalue weighted by atomic mass is 79.9. The number of para-hydroxylation sites is 2. The van der Waals surface area contributed by atoms with Crippen molar-refractivity contribution in [2.75, 3.05) is 20.2 Å². The molecule has 4 aromatic rings. The molecule has 1 amide bonds. The van der Waals surface area contributed by atoms with Crippen molar-refractivity contribution in [2.24, 2.45) is 0 Å². The number of ether oxygens (including phenoxy) is 1. The van der Waals surface area contributed by atoms with Gasteiger partial charge in [0.25, 0.3) is 0 Å². The summed E-state index contributed by atoms with van der Waals surface area (Å²) in [4.78, 5) is 15.7. The summed E-state index contributed by atoms with van der Waals surface area (Å²) in [6.07, 6.45) is 0.616. The van der Waals surface area contributed by atoms with Crippen LogP contribution in [-0.2, 0) is 22.5 Å². The average Bonchev–Trinajstić information content (AvgIpc) is 3.10. The molecule has 1 unspecified atom stereocenters. The minimum absolute atomic E-state index is 0. The molecular weight excluding hydrogens is 516 g/mol. The van der Waals surface area contributed by atoms with Gasteiger partial charge in [-0.25, -0.2) is 0 Å². The van der Waals surface area contributed by atoms with Crippen LogP contribution in [0.1, 0.15) is 28.3 Å². The van der Waals surface area contributed by atoms with E-state index in [9.17, 15) is 10.2 Å². The zero-order valence-corrected chi connectivity index (χ0v) is 22.7. The van der Waals surface area contributed by atoms with E-state index in [1.165, 1.54) is 11.1 Å². The van der Waals surface area contributed by atoms with Crippen LogP contribution in [0.25, 0.3) is 11.0 Å². The van der Waals surface area contributed by atoms with Crippen molar-refractivity contribution in [1.29, 1.82) is 5.41 Å². The predicted molar refractivity (Wildman–Crippen MR) is 148 cm³/mol. The van der Waals surface area contributed by atoms with E-state index in [2.05, 4.69) is 62.4 Å². The van der Waals surface area contributed by atoms with Gasteiger partial charge in [0.2, 0.25) is 11.5 Å². The van der Waals surface area contributed by atoms with Gasteiger partial charge in [-0.2, -0.15) is 0 Å². The van der Waals surface area contributed by atoms with Gasteiger partial charge in [-0.05, 0) is 37.1 Å². The number of aryl methyl sites for hydroxylation is 2. The summed E-state index contributed by atoms with van der Waals surface area (Å²) in [7, 11) is 1.69. The highest BCUT2D eigenvalue weighted by Gasteiger charge is 2.36. The molecule has 1 N–H and O–H groups in total. The number of carbonyl (C=O) groups excluding carboxylic acids is 1. The lowest BCUT2D eigenvalue weighted by Gasteiger charge is -2.40. The maximum atomic E-state index is 13.8. The number of imidazole rings is 1. The molecule has 0 saturated carbocycles. The van der Waals surface area contributed by atoms with Gasteiger partial charge in [-0.15, -0.1) is 17.0 Å². The highest BCUT2D eigenvalue weighted by molar-refractivity contribution is 8.93. The highest BCUT2D eigenvalue weighted by Crippen LogP contribution is 2.26. The summed E-state index contributed by atoms with van der Waals surface area (Å²) < 4.78 is 9.34. The summed E-state index contributed by atoms with van der Waals surface area (Å²) in [5.41, 5.74) is 6.80. The number of aromatic nitrogens is 2. The number of hydrogen-bond donors (Lipinski definition) is 1. The van der Waals surface area contributed by atoms with Crippen molar-refractivity contribution >= 4 is 33.9 Å². The van der Waals surface area contributed by atoms with Crippen LogP contribution in [0.15, 0.2) is 72.8 Å². The fourth-order valence-electron chi connectivity index (χ4n) is 4.82. The molecule has 1 saturated heterocycles. The van der Waals surface area contributed by atoms with Crippen molar-refractivity contribution in [1.82, 2.24) is 14.0 Å². The van der Waals surface area contributed by atoms with Gasteiger partial charge < -0.3 is 14.2 Å². The Bertz CT molecular complexity index is 1400. The van der Waals surface area contributed by atoms with Gasteiger partial charge >= 0.3 is 0 Å². The molecule has 36 heavy (non-hydrogen) atoms. The molecule has 1 aliphatic rings. The van der Waals surface area contributed by atoms with E-state index in [1.54, 1.807) is 7.11 Å². The van der Waals surface area contributed by atoms with Gasteiger partial charge in [-0.1, -0.05) is 71.8 Å². The zero-order chi connectivity index (χ0) is 24.5. The number of methoxy groups -OCH3 is 1. The first kappa shape index (κ1) is 25.9. The second kappa shape index (κ2) is 10.8. The normalized spacial score (nSPS) is 14.4. The molecule has 1 aromatic heterocycles. The van der Waals surface area contributed by atoms with Crippen LogP contribution < -0.4 is 5.62 Å². The second-order valence-corrected chi connectivity index (χ2v) is 9.56. The minimum atomic E-state index is -0.507. The number of likely N-dealkylation sites (tertiary alicyclic amines) is 1. The van der Waals surface area contributed by atoms with Gasteiger partial charge in [0, 0.05) is 26.6 Å². The first-order valence-corrected chi connectivity index (χ1v) is 12.1. The molecule has 0 radical (unpaired) electrons. The lowest BCUT2D eigenvalue weighted by molar-refractivity contribution is -0.146. The summed E-state index contributed by atoms with van der Waals surface area (Å²) in [5.74, 6) is 0.0376. The van der Waals surface area contributed by atoms with Gasteiger partial charge in [0.15, 0.2) is 0 Å². The van der Waals surface area contributed by atoms with Gasteiger partial charge in [-0.3, -0.25) is 14.8 Å². The number of halogens is 1. The molecule has 1 fully saturated rings. The molecule has 1 aliphatic heterocycles. The Hall–Kier alpha value is -3.16. The topological polar surface area (TPSA) is 63.2 Å². The molecule has 5 rings (SSSR count). The van der Waals surface area contributed by atoms with Crippen LogP contribution in [-0.4, -0.2) is 46.2 Å². The van der Waals surface area contributed by atoms with Crippen molar-refractivity contribution in [3.8, 4) is 0 Å². The molecule has 0 bridgehead atoms. The summed E-state index contributed by atoms with van der Waals surface area (Å²) in [6.45, 7) is 5.90. The van der Waals surface area contributed by atoms with E-state index in [0.29, 0.717) is 31.7 Å². The molecule has 6 nitrogen and oxygen atoms in total. The van der Waals surface area contributed by atoms with Crippen molar-refractivity contribution in [3.63, 3.8) is 0 Å². The standard InChI is InChI=1S/C29H32N4O2.BrH/c1-20-8-12-22(13-9-20)16-27(28(34)31-18-24(19-31)35-3)33-26-7-5-4-6-25(26)32(29(33)30)17-23-14-10-21(2)11-15-23;/h4-15,24,27,30H,16-19H2,1-3H3;1H. The number of amides is 1. The first-order valence-electron chi connectivity index (χ1n) is 12.1. The Morgan fingerprint density at radius 3 is 2.06 bits per heavy atom. The smallest absolute Gasteiger partial charge is 0.246 e. The van der Waals surface area contributed by atoms with E-state index >= 15 is 0 Å². The van der Waals surface area contributed by atoms with Gasteiger partial charge in [0.1, 0.15) is 6.04 Å². The Morgan fingerprint density at radius 2 is 1.47 bits per heavy atom. The van der Waals surface area contributed by atoms with E-state index in [0.717, 1.165) is 22.2 Å². The fourth-order valence-corrected chi connectivity index (χ4v) is 4.82. The van der Waals surface area contributed by atoms with E-state index < -0.39 is 6.04 Å². The molecule has 7 heteroatoms. The molecule has 0 spiro atoms. The number of rotatable bonds is 7. The number of nitrogens with zero attached hydrogens (tertiary/aromatic N) is 3. The summed E-state index contributed by atoms with van der Waals surface area (Å²) >= 11 is 0. The fraction of sp³-hybridized carbons (Fsp3) is 0.310. The number of hydrogen-bond acceptors (Lipinski definition) is 3. The third-order valence-electron chi connectivity index (χ3n) is 7.02. The van der Waals surface area contributed by atoms with Crippen molar-refractivity contribution in [2.45, 2.75) is 39.0 Å². The molecule has 3 aromatic carbocycles. The van der Waals surface area contributed by atoms with E-state index in [1.807, 2.05) is 38.3 Å². The van der Waals surface area contributed by atoms with E-state index in [-0.39, 0.29) is 29.0 Å². The maximum absolute atomic E-state index is 13.8. The largest absolute Gasteiger partial charge is 0.378 e. The molecule has 188 valence electrons. The quantitative estimate of drug-likeness (QED) is 0.360. The van der Waals surface area contributed by atoms with Crippen molar-refractivity contribution < 1.29 is 9.53 Å². The maximum Gasteiger partial charge on any atom is 0.246 e. The average molecular weight is 550 g/mol. The van der Waals surface area contributed by atoms with Crippen LogP contribution in [0, 0.1) is 19.3 Å². The Balaban J connectivity index is 0.00000304. The number of benzene rings is 3. The lowest BCUT2D eigenvalue weighted by Crippen LogP contribution is -2.57. The number of fused-ring (bicyclic) bond motifs is 1. The molecule has 2 heterocycles. The second-order valence-electron chi connectivity index (χ2n) is 9.56. The summed E-state index contributed by atoms with van der Waals surface area (Å²) in [5, 5.41) is 9.21. The van der Waals surface area contributed by atoms with E-state index in [4.69, 9.17) is 4.74 Å². The predicted octanol–water partition coefficient (Wildman–Crippen LogP) is 4.81.